The van der Waals surface area contributed by atoms with Crippen molar-refractivity contribution in [3.05, 3.63) is 0 Å². The number of hydroxylamine groups is 2. The van der Waals surface area contributed by atoms with Crippen LogP contribution in [-0.4, -0.2) is 70.1 Å². The van der Waals surface area contributed by atoms with Crippen molar-refractivity contribution in [3.8, 4) is 0 Å². The Morgan fingerprint density at radius 2 is 1.68 bits per heavy atom. The van der Waals surface area contributed by atoms with Gasteiger partial charge in [0.15, 0.2) is 19.7 Å². The summed E-state index contributed by atoms with van der Waals surface area (Å²) in [6.45, 7) is -0.771. The van der Waals surface area contributed by atoms with Crippen LogP contribution in [0, 0.1) is 11.8 Å². The molecular formula is C10H14F3NO6S2. The lowest BCUT2D eigenvalue weighted by Gasteiger charge is -2.26. The van der Waals surface area contributed by atoms with Crippen molar-refractivity contribution < 1.29 is 39.6 Å². The summed E-state index contributed by atoms with van der Waals surface area (Å²) in [7, 11) is -7.42. The fourth-order valence-electron chi connectivity index (χ4n) is 2.44. The molecular weight excluding hydrogens is 351 g/mol. The molecule has 2 unspecified atom stereocenters. The summed E-state index contributed by atoms with van der Waals surface area (Å²) in [5.74, 6) is -8.07. The van der Waals surface area contributed by atoms with E-state index in [4.69, 9.17) is 4.84 Å². The standard InChI is InChI=1S/C10H14F3NO6S2/c11-10(12,13)8-6-22(18,19)5-7(8)9(15)14-1-3-21(16,17)4-2-20-14/h7-8H,1-6H2. The van der Waals surface area contributed by atoms with Crippen LogP contribution in [-0.2, 0) is 29.3 Å². The second-order valence-corrected chi connectivity index (χ2v) is 9.71. The number of carbonyl (C=O) groups excluding carboxylic acids is 1. The highest BCUT2D eigenvalue weighted by atomic mass is 32.2. The number of carbonyl (C=O) groups is 1. The fraction of sp³-hybridized carbons (Fsp3) is 0.900. The average Bonchev–Trinajstić information content (AvgIpc) is 2.57. The molecule has 2 atom stereocenters. The van der Waals surface area contributed by atoms with E-state index in [1.54, 1.807) is 0 Å². The first-order valence-corrected chi connectivity index (χ1v) is 9.97. The Bertz CT molecular complexity index is 657. The van der Waals surface area contributed by atoms with Crippen molar-refractivity contribution in [2.75, 3.05) is 36.2 Å². The monoisotopic (exact) mass is 365 g/mol. The quantitative estimate of drug-likeness (QED) is 0.615. The zero-order valence-corrected chi connectivity index (χ0v) is 12.9. The summed E-state index contributed by atoms with van der Waals surface area (Å²) in [5.41, 5.74) is 0. The topological polar surface area (TPSA) is 97.8 Å². The van der Waals surface area contributed by atoms with Gasteiger partial charge in [-0.3, -0.25) is 9.63 Å². The van der Waals surface area contributed by atoms with E-state index >= 15 is 0 Å². The Labute approximate surface area is 125 Å². The van der Waals surface area contributed by atoms with Gasteiger partial charge in [-0.15, -0.1) is 0 Å². The van der Waals surface area contributed by atoms with E-state index in [1.807, 2.05) is 0 Å². The van der Waals surface area contributed by atoms with E-state index in [9.17, 15) is 34.8 Å². The molecule has 0 aromatic rings. The molecule has 1 amide bonds. The Kier molecular flexibility index (Phi) is 4.48. The van der Waals surface area contributed by atoms with Gasteiger partial charge in [0.05, 0.1) is 48.0 Å². The predicted molar refractivity (Wildman–Crippen MR) is 68.0 cm³/mol. The highest BCUT2D eigenvalue weighted by molar-refractivity contribution is 7.91. The van der Waals surface area contributed by atoms with Gasteiger partial charge < -0.3 is 0 Å². The summed E-state index contributed by atoms with van der Waals surface area (Å²) < 4.78 is 84.4. The summed E-state index contributed by atoms with van der Waals surface area (Å²) in [6.07, 6.45) is -4.83. The zero-order chi connectivity index (χ0) is 16.8. The lowest BCUT2D eigenvalue weighted by Crippen LogP contribution is -2.43. The van der Waals surface area contributed by atoms with Crippen molar-refractivity contribution in [1.82, 2.24) is 5.06 Å². The summed E-state index contributed by atoms with van der Waals surface area (Å²) in [5, 5.41) is 0.550. The third-order valence-corrected chi connectivity index (χ3v) is 6.91. The van der Waals surface area contributed by atoms with Gasteiger partial charge in [-0.25, -0.2) is 21.9 Å². The van der Waals surface area contributed by atoms with Gasteiger partial charge in [-0.1, -0.05) is 0 Å². The molecule has 2 aliphatic heterocycles. The number of nitrogens with zero attached hydrogens (tertiary/aromatic N) is 1. The first-order chi connectivity index (χ1) is 9.91. The maximum atomic E-state index is 12.9. The van der Waals surface area contributed by atoms with E-state index in [0.29, 0.717) is 5.06 Å². The molecule has 22 heavy (non-hydrogen) atoms. The van der Waals surface area contributed by atoms with E-state index in [1.165, 1.54) is 0 Å². The fourth-order valence-corrected chi connectivity index (χ4v) is 5.44. The van der Waals surface area contributed by atoms with Crippen molar-refractivity contribution >= 4 is 25.6 Å². The van der Waals surface area contributed by atoms with Crippen molar-refractivity contribution in [3.63, 3.8) is 0 Å². The number of halogens is 3. The third kappa shape index (κ3) is 3.90. The minimum Gasteiger partial charge on any atom is -0.272 e. The highest BCUT2D eigenvalue weighted by Gasteiger charge is 2.56. The third-order valence-electron chi connectivity index (χ3n) is 3.58. The smallest absolute Gasteiger partial charge is 0.272 e. The summed E-state index contributed by atoms with van der Waals surface area (Å²) in [6, 6.07) is 0. The molecule has 0 spiro atoms. The molecule has 0 bridgehead atoms. The lowest BCUT2D eigenvalue weighted by atomic mass is 9.94. The van der Waals surface area contributed by atoms with E-state index < -0.39 is 67.4 Å². The predicted octanol–water partition coefficient (Wildman–Crippen LogP) is -0.602. The molecule has 7 nitrogen and oxygen atoms in total. The number of alkyl halides is 3. The lowest BCUT2D eigenvalue weighted by molar-refractivity contribution is -0.205. The van der Waals surface area contributed by atoms with Crippen LogP contribution in [0.2, 0.25) is 0 Å². The average molecular weight is 365 g/mol. The molecule has 2 rings (SSSR count). The van der Waals surface area contributed by atoms with Crippen LogP contribution >= 0.6 is 0 Å². The maximum absolute atomic E-state index is 12.9. The highest BCUT2D eigenvalue weighted by Crippen LogP contribution is 2.39. The number of sulfone groups is 2. The van der Waals surface area contributed by atoms with Crippen molar-refractivity contribution in [1.29, 1.82) is 0 Å². The van der Waals surface area contributed by atoms with E-state index in [-0.39, 0.29) is 12.4 Å². The van der Waals surface area contributed by atoms with Gasteiger partial charge in [-0.2, -0.15) is 13.2 Å². The maximum Gasteiger partial charge on any atom is 0.393 e. The molecule has 0 aliphatic carbocycles. The van der Waals surface area contributed by atoms with E-state index in [0.717, 1.165) is 0 Å². The van der Waals surface area contributed by atoms with Crippen LogP contribution < -0.4 is 0 Å². The van der Waals surface area contributed by atoms with Gasteiger partial charge in [0, 0.05) is 0 Å². The SMILES string of the molecule is O=C(C1CS(=O)(=O)CC1C(F)(F)F)N1CCS(=O)(=O)CCO1. The molecule has 2 aliphatic rings. The number of hydrogen-bond acceptors (Lipinski definition) is 6. The summed E-state index contributed by atoms with van der Waals surface area (Å²) in [4.78, 5) is 17.0. The molecule has 12 heteroatoms. The number of rotatable bonds is 1. The van der Waals surface area contributed by atoms with Crippen LogP contribution in [0.4, 0.5) is 13.2 Å². The number of hydrogen-bond donors (Lipinski definition) is 0. The van der Waals surface area contributed by atoms with E-state index in [2.05, 4.69) is 0 Å². The van der Waals surface area contributed by atoms with Gasteiger partial charge in [-0.05, 0) is 0 Å². The van der Waals surface area contributed by atoms with Crippen LogP contribution in [0.25, 0.3) is 0 Å². The first-order valence-electron chi connectivity index (χ1n) is 6.33. The molecule has 128 valence electrons. The Balaban J connectivity index is 2.20. The number of amides is 1. The molecule has 0 aromatic carbocycles. The largest absolute Gasteiger partial charge is 0.393 e. The minimum atomic E-state index is -4.83. The molecule has 2 heterocycles. The Hall–Kier alpha value is -0.880. The van der Waals surface area contributed by atoms with Crippen LogP contribution in [0.15, 0.2) is 0 Å². The minimum absolute atomic E-state index is 0.345. The normalized spacial score (nSPS) is 31.7. The Morgan fingerprint density at radius 3 is 2.27 bits per heavy atom. The molecule has 2 fully saturated rings. The molecule has 0 saturated carbocycles. The first kappa shape index (κ1) is 17.5. The second kappa shape index (κ2) is 5.64. The molecule has 0 radical (unpaired) electrons. The van der Waals surface area contributed by atoms with Crippen LogP contribution in [0.5, 0.6) is 0 Å². The summed E-state index contributed by atoms with van der Waals surface area (Å²) >= 11 is 0. The van der Waals surface area contributed by atoms with Gasteiger partial charge in [0.2, 0.25) is 0 Å². The van der Waals surface area contributed by atoms with Crippen LogP contribution in [0.3, 0.4) is 0 Å². The molecule has 2 saturated heterocycles. The zero-order valence-electron chi connectivity index (χ0n) is 11.2. The van der Waals surface area contributed by atoms with Gasteiger partial charge >= 0.3 is 6.18 Å². The van der Waals surface area contributed by atoms with Crippen LogP contribution in [0.1, 0.15) is 0 Å². The van der Waals surface area contributed by atoms with Gasteiger partial charge in [0.25, 0.3) is 5.91 Å². The molecule has 0 N–H and O–H groups in total. The van der Waals surface area contributed by atoms with Crippen molar-refractivity contribution in [2.45, 2.75) is 6.18 Å². The molecule has 0 aromatic heterocycles. The second-order valence-electron chi connectivity index (χ2n) is 5.26. The Morgan fingerprint density at radius 1 is 1.05 bits per heavy atom. The van der Waals surface area contributed by atoms with Crippen molar-refractivity contribution in [2.24, 2.45) is 11.8 Å². The van der Waals surface area contributed by atoms with Gasteiger partial charge in [0.1, 0.15) is 0 Å².